The van der Waals surface area contributed by atoms with E-state index in [2.05, 4.69) is 186 Å². The Morgan fingerprint density at radius 3 is 1.15 bits per heavy atom. The minimum atomic E-state index is -0.129. The molecular weight excluding hydrogens is 725 g/mol. The summed E-state index contributed by atoms with van der Waals surface area (Å²) >= 11 is 0. The second-order valence-corrected chi connectivity index (χ2v) is 18.2. The van der Waals surface area contributed by atoms with Gasteiger partial charge in [0.2, 0.25) is 0 Å². The van der Waals surface area contributed by atoms with E-state index in [9.17, 15) is 0 Å². The highest BCUT2D eigenvalue weighted by Crippen LogP contribution is 2.54. The normalized spacial score (nSPS) is 14.6. The van der Waals surface area contributed by atoms with Gasteiger partial charge >= 0.3 is 0 Å². The smallest absolute Gasteiger partial charge is 0.0353 e. The van der Waals surface area contributed by atoms with E-state index in [-0.39, 0.29) is 10.8 Å². The molecule has 0 saturated carbocycles. The maximum atomic E-state index is 4.82. The second-order valence-electron chi connectivity index (χ2n) is 18.2. The topological polar surface area (TPSA) is 25.8 Å². The fourth-order valence-corrected chi connectivity index (χ4v) is 11.3. The van der Waals surface area contributed by atoms with Gasteiger partial charge in [0, 0.05) is 57.5 Å². The molecule has 0 amide bonds. The fourth-order valence-electron chi connectivity index (χ4n) is 11.3. The van der Waals surface area contributed by atoms with Crippen molar-refractivity contribution in [3.63, 3.8) is 0 Å². The van der Waals surface area contributed by atoms with Crippen molar-refractivity contribution in [2.45, 2.75) is 38.5 Å². The van der Waals surface area contributed by atoms with Crippen molar-refractivity contribution in [1.82, 2.24) is 9.97 Å². The summed E-state index contributed by atoms with van der Waals surface area (Å²) in [4.78, 5) is 9.63. The van der Waals surface area contributed by atoms with Crippen LogP contribution in [0, 0.1) is 0 Å². The first-order valence-corrected chi connectivity index (χ1v) is 21.1. The molecule has 60 heavy (non-hydrogen) atoms. The maximum Gasteiger partial charge on any atom is 0.0353 e. The standard InChI is InChI=1S/C58H40N2/c1-57(2)53-19-11-9-17-39(53)49-25-45-43(51-31-59-29-33-13-5-7-15-37(33)51)23-35-22-42-36(21-41(35)47(45)27-55(49)57)24-44(52-32-60-30-34-14-6-8-16-38(34)52)46-26-50-40-18-10-12-20-54(40)58(3,4)56(50)28-48(42)46/h5-32H,1-4H3. The van der Waals surface area contributed by atoms with Crippen LogP contribution in [-0.2, 0) is 10.8 Å². The first-order chi connectivity index (χ1) is 29.3. The van der Waals surface area contributed by atoms with E-state index < -0.39 is 0 Å². The molecule has 2 aliphatic rings. The summed E-state index contributed by atoms with van der Waals surface area (Å²) in [5.41, 5.74) is 15.3. The van der Waals surface area contributed by atoms with Gasteiger partial charge in [-0.2, -0.15) is 0 Å². The predicted molar refractivity (Wildman–Crippen MR) is 253 cm³/mol. The molecule has 0 spiro atoms. The van der Waals surface area contributed by atoms with Crippen molar-refractivity contribution in [2.24, 2.45) is 0 Å². The summed E-state index contributed by atoms with van der Waals surface area (Å²) in [6.45, 7) is 9.53. The van der Waals surface area contributed by atoms with Crippen LogP contribution < -0.4 is 0 Å². The summed E-state index contributed by atoms with van der Waals surface area (Å²) in [5, 5.41) is 14.8. The molecule has 9 aromatic carbocycles. The molecule has 0 atom stereocenters. The van der Waals surface area contributed by atoms with Crippen molar-refractivity contribution in [1.29, 1.82) is 0 Å². The van der Waals surface area contributed by atoms with E-state index in [0.717, 1.165) is 21.9 Å². The largest absolute Gasteiger partial charge is 0.263 e. The van der Waals surface area contributed by atoms with Gasteiger partial charge in [-0.05, 0) is 158 Å². The van der Waals surface area contributed by atoms with Crippen molar-refractivity contribution >= 4 is 64.6 Å². The van der Waals surface area contributed by atoms with Gasteiger partial charge in [-0.25, -0.2) is 0 Å². The first-order valence-electron chi connectivity index (χ1n) is 21.1. The highest BCUT2D eigenvalue weighted by atomic mass is 14.6. The minimum absolute atomic E-state index is 0.129. The molecule has 2 aliphatic carbocycles. The van der Waals surface area contributed by atoms with Crippen LogP contribution in [0.3, 0.4) is 0 Å². The van der Waals surface area contributed by atoms with Crippen molar-refractivity contribution < 1.29 is 0 Å². The van der Waals surface area contributed by atoms with Crippen LogP contribution in [0.2, 0.25) is 0 Å². The molecule has 13 rings (SSSR count). The number of hydrogen-bond acceptors (Lipinski definition) is 2. The average Bonchev–Trinajstić information content (AvgIpc) is 3.65. The third-order valence-electron chi connectivity index (χ3n) is 14.3. The summed E-state index contributed by atoms with van der Waals surface area (Å²) in [6.07, 6.45) is 8.11. The molecule has 2 aromatic heterocycles. The van der Waals surface area contributed by atoms with Crippen LogP contribution in [0.5, 0.6) is 0 Å². The maximum absolute atomic E-state index is 4.82. The number of fused-ring (bicyclic) bond motifs is 14. The van der Waals surface area contributed by atoms with Crippen molar-refractivity contribution in [3.8, 4) is 44.5 Å². The fraction of sp³-hybridized carbons (Fsp3) is 0.103. The molecule has 2 heteroatoms. The Labute approximate surface area is 348 Å². The Bertz CT molecular complexity index is 3460. The third kappa shape index (κ3) is 4.43. The highest BCUT2D eigenvalue weighted by Gasteiger charge is 2.37. The molecule has 282 valence electrons. The zero-order valence-corrected chi connectivity index (χ0v) is 34.1. The quantitative estimate of drug-likeness (QED) is 0.129. The number of hydrogen-bond donors (Lipinski definition) is 0. The van der Waals surface area contributed by atoms with E-state index in [1.165, 1.54) is 109 Å². The zero-order chi connectivity index (χ0) is 40.1. The summed E-state index contributed by atoms with van der Waals surface area (Å²) in [5.74, 6) is 0. The average molecular weight is 765 g/mol. The van der Waals surface area contributed by atoms with Crippen molar-refractivity contribution in [3.05, 3.63) is 193 Å². The first kappa shape index (κ1) is 33.8. The van der Waals surface area contributed by atoms with Crippen LogP contribution in [0.1, 0.15) is 49.9 Å². The lowest BCUT2D eigenvalue weighted by Crippen LogP contribution is -2.14. The molecule has 0 radical (unpaired) electrons. The number of nitrogens with zero attached hydrogens (tertiary/aromatic N) is 2. The molecule has 2 nitrogen and oxygen atoms in total. The van der Waals surface area contributed by atoms with Crippen LogP contribution in [-0.4, -0.2) is 9.97 Å². The molecule has 0 aliphatic heterocycles. The monoisotopic (exact) mass is 764 g/mol. The van der Waals surface area contributed by atoms with Gasteiger partial charge in [0.15, 0.2) is 0 Å². The summed E-state index contributed by atoms with van der Waals surface area (Å²) in [6, 6.07) is 55.1. The molecule has 2 heterocycles. The molecular formula is C58H40N2. The van der Waals surface area contributed by atoms with Gasteiger partial charge in [-0.15, -0.1) is 0 Å². The number of benzene rings is 9. The Kier molecular flexibility index (Phi) is 6.61. The Morgan fingerprint density at radius 2 is 0.683 bits per heavy atom. The van der Waals surface area contributed by atoms with Gasteiger partial charge in [0.1, 0.15) is 0 Å². The lowest BCUT2D eigenvalue weighted by atomic mass is 9.80. The molecule has 11 aromatic rings. The van der Waals surface area contributed by atoms with E-state index in [0.29, 0.717) is 0 Å². The van der Waals surface area contributed by atoms with Crippen LogP contribution in [0.4, 0.5) is 0 Å². The third-order valence-corrected chi connectivity index (χ3v) is 14.3. The zero-order valence-electron chi connectivity index (χ0n) is 34.1. The number of rotatable bonds is 2. The molecule has 0 N–H and O–H groups in total. The SMILES string of the molecule is CC1(C)c2ccccc2-c2cc3c(-c4cncc5ccccc45)cc4cc5c(cc(-c6cncc7ccccc67)c6cc7c(cc65)C(C)(C)c5ccccc5-7)cc4c3cc21. The van der Waals surface area contributed by atoms with E-state index in [1.54, 1.807) is 0 Å². The minimum Gasteiger partial charge on any atom is -0.263 e. The summed E-state index contributed by atoms with van der Waals surface area (Å²) in [7, 11) is 0. The predicted octanol–water partition coefficient (Wildman–Crippen LogP) is 15.3. The van der Waals surface area contributed by atoms with Gasteiger partial charge in [0.05, 0.1) is 0 Å². The molecule has 0 saturated heterocycles. The van der Waals surface area contributed by atoms with Gasteiger partial charge in [0.25, 0.3) is 0 Å². The second kappa shape index (κ2) is 11.7. The van der Waals surface area contributed by atoms with Crippen LogP contribution in [0.15, 0.2) is 170 Å². The Balaban J connectivity index is 1.19. The van der Waals surface area contributed by atoms with Crippen LogP contribution in [0.25, 0.3) is 109 Å². The number of pyridine rings is 2. The van der Waals surface area contributed by atoms with Gasteiger partial charge in [-0.3, -0.25) is 9.97 Å². The molecule has 0 bridgehead atoms. The van der Waals surface area contributed by atoms with E-state index >= 15 is 0 Å². The Hall–Kier alpha value is -7.16. The lowest BCUT2D eigenvalue weighted by molar-refractivity contribution is 0.661. The lowest BCUT2D eigenvalue weighted by Gasteiger charge is -2.23. The number of aromatic nitrogens is 2. The van der Waals surface area contributed by atoms with Crippen molar-refractivity contribution in [2.75, 3.05) is 0 Å². The highest BCUT2D eigenvalue weighted by molar-refractivity contribution is 6.24. The van der Waals surface area contributed by atoms with Gasteiger partial charge < -0.3 is 0 Å². The van der Waals surface area contributed by atoms with E-state index in [4.69, 9.17) is 9.97 Å². The molecule has 0 unspecified atom stereocenters. The molecule has 0 fully saturated rings. The van der Waals surface area contributed by atoms with E-state index in [1.807, 2.05) is 12.4 Å². The van der Waals surface area contributed by atoms with Gasteiger partial charge in [-0.1, -0.05) is 125 Å². The van der Waals surface area contributed by atoms with Crippen LogP contribution >= 0.6 is 0 Å². The summed E-state index contributed by atoms with van der Waals surface area (Å²) < 4.78 is 0. The Morgan fingerprint density at radius 1 is 0.267 bits per heavy atom.